The van der Waals surface area contributed by atoms with Crippen LogP contribution in [-0.4, -0.2) is 11.5 Å². The summed E-state index contributed by atoms with van der Waals surface area (Å²) >= 11 is 0. The zero-order valence-electron chi connectivity index (χ0n) is 7.85. The third-order valence-corrected chi connectivity index (χ3v) is 2.08. The van der Waals surface area contributed by atoms with Gasteiger partial charge in [-0.2, -0.15) is 0 Å². The lowest BCUT2D eigenvalue weighted by molar-refractivity contribution is 1.26. The van der Waals surface area contributed by atoms with Gasteiger partial charge in [-0.05, 0) is 17.7 Å². The minimum atomic E-state index is 0.570. The van der Waals surface area contributed by atoms with E-state index in [1.165, 1.54) is 0 Å². The fraction of sp³-hybridized carbons (Fsp3) is 0.0833. The van der Waals surface area contributed by atoms with Gasteiger partial charge in [0.2, 0.25) is 0 Å². The number of hydrogen-bond donors (Lipinski definition) is 1. The molecule has 0 aliphatic heterocycles. The molecule has 1 aromatic carbocycles. The molecule has 70 valence electrons. The van der Waals surface area contributed by atoms with Crippen molar-refractivity contribution in [1.82, 2.24) is 4.98 Å². The first-order valence-electron chi connectivity index (χ1n) is 4.61. The van der Waals surface area contributed by atoms with Crippen LogP contribution >= 0.6 is 0 Å². The lowest BCUT2D eigenvalue weighted by Crippen LogP contribution is -1.91. The molecule has 2 heteroatoms. The van der Waals surface area contributed by atoms with Crippen LogP contribution < -0.4 is 5.73 Å². The Kier molecular flexibility index (Phi) is 2.56. The first-order chi connectivity index (χ1) is 6.90. The SMILES string of the molecule is NCC=Cc1ccc2cccnc2c1. The lowest BCUT2D eigenvalue weighted by atomic mass is 10.1. The van der Waals surface area contributed by atoms with Crippen molar-refractivity contribution in [2.24, 2.45) is 5.73 Å². The lowest BCUT2D eigenvalue weighted by Gasteiger charge is -1.97. The molecule has 2 nitrogen and oxygen atoms in total. The van der Waals surface area contributed by atoms with Crippen LogP contribution in [0.1, 0.15) is 5.56 Å². The van der Waals surface area contributed by atoms with Gasteiger partial charge in [0.05, 0.1) is 5.52 Å². The van der Waals surface area contributed by atoms with E-state index in [9.17, 15) is 0 Å². The van der Waals surface area contributed by atoms with Crippen LogP contribution in [0.4, 0.5) is 0 Å². The van der Waals surface area contributed by atoms with Crippen LogP contribution in [0.3, 0.4) is 0 Å². The minimum absolute atomic E-state index is 0.570. The molecule has 0 unspecified atom stereocenters. The van der Waals surface area contributed by atoms with Crippen LogP contribution in [0.2, 0.25) is 0 Å². The summed E-state index contributed by atoms with van der Waals surface area (Å²) in [6.07, 6.45) is 5.75. The van der Waals surface area contributed by atoms with Crippen molar-refractivity contribution >= 4 is 17.0 Å². The van der Waals surface area contributed by atoms with Crippen molar-refractivity contribution in [2.75, 3.05) is 6.54 Å². The highest BCUT2D eigenvalue weighted by Gasteiger charge is 1.93. The molecule has 2 aromatic rings. The molecule has 14 heavy (non-hydrogen) atoms. The number of nitrogens with zero attached hydrogens (tertiary/aromatic N) is 1. The quantitative estimate of drug-likeness (QED) is 0.777. The number of rotatable bonds is 2. The molecule has 0 aliphatic carbocycles. The second kappa shape index (κ2) is 4.03. The van der Waals surface area contributed by atoms with Gasteiger partial charge in [-0.3, -0.25) is 4.98 Å². The number of benzene rings is 1. The summed E-state index contributed by atoms with van der Waals surface area (Å²) in [5, 5.41) is 1.16. The molecule has 0 saturated carbocycles. The molecule has 2 N–H and O–H groups in total. The average molecular weight is 184 g/mol. The zero-order chi connectivity index (χ0) is 9.80. The highest BCUT2D eigenvalue weighted by molar-refractivity contribution is 5.80. The normalized spacial score (nSPS) is 11.2. The van der Waals surface area contributed by atoms with Gasteiger partial charge in [0.1, 0.15) is 0 Å². The van der Waals surface area contributed by atoms with Gasteiger partial charge < -0.3 is 5.73 Å². The maximum Gasteiger partial charge on any atom is 0.0707 e. The number of pyridine rings is 1. The summed E-state index contributed by atoms with van der Waals surface area (Å²) in [5.41, 5.74) is 7.55. The van der Waals surface area contributed by atoms with Crippen molar-refractivity contribution < 1.29 is 0 Å². The van der Waals surface area contributed by atoms with Crippen LogP contribution in [0.15, 0.2) is 42.6 Å². The molecule has 0 aliphatic rings. The van der Waals surface area contributed by atoms with E-state index in [2.05, 4.69) is 29.2 Å². The summed E-state index contributed by atoms with van der Waals surface area (Å²) in [6.45, 7) is 0.570. The second-order valence-corrected chi connectivity index (χ2v) is 3.09. The second-order valence-electron chi connectivity index (χ2n) is 3.09. The molecule has 0 amide bonds. The summed E-state index contributed by atoms with van der Waals surface area (Å²) in [5.74, 6) is 0. The Morgan fingerprint density at radius 3 is 3.07 bits per heavy atom. The Morgan fingerprint density at radius 1 is 1.29 bits per heavy atom. The van der Waals surface area contributed by atoms with Crippen molar-refractivity contribution in [2.45, 2.75) is 0 Å². The fourth-order valence-electron chi connectivity index (χ4n) is 1.39. The molecule has 0 saturated heterocycles. The van der Waals surface area contributed by atoms with E-state index in [1.807, 2.05) is 18.2 Å². The maximum absolute atomic E-state index is 5.39. The van der Waals surface area contributed by atoms with E-state index in [1.54, 1.807) is 6.20 Å². The maximum atomic E-state index is 5.39. The largest absolute Gasteiger partial charge is 0.327 e. The monoisotopic (exact) mass is 184 g/mol. The molecule has 0 atom stereocenters. The fourth-order valence-corrected chi connectivity index (χ4v) is 1.39. The number of fused-ring (bicyclic) bond motifs is 1. The van der Waals surface area contributed by atoms with E-state index in [0.29, 0.717) is 6.54 Å². The molecule has 0 radical (unpaired) electrons. The van der Waals surface area contributed by atoms with Gasteiger partial charge in [-0.1, -0.05) is 30.4 Å². The highest BCUT2D eigenvalue weighted by Crippen LogP contribution is 2.13. The molecular formula is C12H12N2. The first-order valence-corrected chi connectivity index (χ1v) is 4.61. The molecular weight excluding hydrogens is 172 g/mol. The van der Waals surface area contributed by atoms with Crippen molar-refractivity contribution in [3.05, 3.63) is 48.2 Å². The van der Waals surface area contributed by atoms with Gasteiger partial charge in [-0.15, -0.1) is 0 Å². The predicted octanol–water partition coefficient (Wildman–Crippen LogP) is 2.21. The first kappa shape index (κ1) is 8.91. The predicted molar refractivity (Wildman–Crippen MR) is 59.8 cm³/mol. The molecule has 2 rings (SSSR count). The molecule has 1 heterocycles. The summed E-state index contributed by atoms with van der Waals surface area (Å²) in [4.78, 5) is 4.28. The molecule has 0 fully saturated rings. The van der Waals surface area contributed by atoms with Gasteiger partial charge in [0.15, 0.2) is 0 Å². The van der Waals surface area contributed by atoms with E-state index < -0.39 is 0 Å². The topological polar surface area (TPSA) is 38.9 Å². The smallest absolute Gasteiger partial charge is 0.0707 e. The van der Waals surface area contributed by atoms with Crippen molar-refractivity contribution in [1.29, 1.82) is 0 Å². The van der Waals surface area contributed by atoms with Crippen molar-refractivity contribution in [3.63, 3.8) is 0 Å². The van der Waals surface area contributed by atoms with E-state index in [4.69, 9.17) is 5.73 Å². The third kappa shape index (κ3) is 1.80. The highest BCUT2D eigenvalue weighted by atomic mass is 14.6. The van der Waals surface area contributed by atoms with E-state index >= 15 is 0 Å². The van der Waals surface area contributed by atoms with Gasteiger partial charge in [0, 0.05) is 18.1 Å². The van der Waals surface area contributed by atoms with Gasteiger partial charge >= 0.3 is 0 Å². The van der Waals surface area contributed by atoms with Gasteiger partial charge in [0.25, 0.3) is 0 Å². The Balaban J connectivity index is 2.46. The Bertz CT molecular complexity index is 461. The van der Waals surface area contributed by atoms with Crippen LogP contribution in [0.5, 0.6) is 0 Å². The Morgan fingerprint density at radius 2 is 2.21 bits per heavy atom. The third-order valence-electron chi connectivity index (χ3n) is 2.08. The summed E-state index contributed by atoms with van der Waals surface area (Å²) in [7, 11) is 0. The average Bonchev–Trinajstić information content (AvgIpc) is 2.26. The number of nitrogens with two attached hydrogens (primary N) is 1. The summed E-state index contributed by atoms with van der Waals surface area (Å²) < 4.78 is 0. The van der Waals surface area contributed by atoms with Crippen molar-refractivity contribution in [3.8, 4) is 0 Å². The molecule has 0 spiro atoms. The Labute approximate surface area is 83.1 Å². The van der Waals surface area contributed by atoms with E-state index in [0.717, 1.165) is 16.5 Å². The van der Waals surface area contributed by atoms with Crippen LogP contribution in [0.25, 0.3) is 17.0 Å². The Hall–Kier alpha value is -1.67. The van der Waals surface area contributed by atoms with Crippen LogP contribution in [-0.2, 0) is 0 Å². The summed E-state index contributed by atoms with van der Waals surface area (Å²) in [6, 6.07) is 10.2. The number of hydrogen-bond acceptors (Lipinski definition) is 2. The number of aromatic nitrogens is 1. The van der Waals surface area contributed by atoms with E-state index in [-0.39, 0.29) is 0 Å². The standard InChI is InChI=1S/C12H12N2/c13-7-1-3-10-5-6-11-4-2-8-14-12(11)9-10/h1-6,8-9H,7,13H2. The molecule has 1 aromatic heterocycles. The van der Waals surface area contributed by atoms with Gasteiger partial charge in [-0.25, -0.2) is 0 Å². The zero-order valence-corrected chi connectivity index (χ0v) is 7.85. The van der Waals surface area contributed by atoms with Crippen LogP contribution in [0, 0.1) is 0 Å². The minimum Gasteiger partial charge on any atom is -0.327 e. The molecule has 0 bridgehead atoms.